The van der Waals surface area contributed by atoms with Crippen molar-refractivity contribution in [2.24, 2.45) is 0 Å². The molecule has 7 nitrogen and oxygen atoms in total. The number of alkyl halides is 3. The molecule has 2 aromatic carbocycles. The van der Waals surface area contributed by atoms with Crippen molar-refractivity contribution in [1.82, 2.24) is 4.57 Å². The summed E-state index contributed by atoms with van der Waals surface area (Å²) >= 11 is 0. The van der Waals surface area contributed by atoms with Gasteiger partial charge in [0.15, 0.2) is 5.78 Å². The Hall–Kier alpha value is -3.75. The molecule has 3 rings (SSSR count). The molecule has 11 heteroatoms. The maximum atomic E-state index is 13.6. The third-order valence-corrected chi connectivity index (χ3v) is 6.30. The summed E-state index contributed by atoms with van der Waals surface area (Å²) in [5, 5.41) is 0. The molecule has 0 aliphatic carbocycles. The van der Waals surface area contributed by atoms with Gasteiger partial charge in [0.2, 0.25) is 0 Å². The summed E-state index contributed by atoms with van der Waals surface area (Å²) in [7, 11) is -4.29. The van der Waals surface area contributed by atoms with Crippen LogP contribution in [0.4, 0.5) is 18.9 Å². The lowest BCUT2D eigenvalue weighted by molar-refractivity contribution is -0.136. The van der Waals surface area contributed by atoms with Gasteiger partial charge in [0.1, 0.15) is 6.61 Å². The largest absolute Gasteiger partial charge is 0.407 e. The predicted octanol–water partition coefficient (Wildman–Crippen LogP) is 4.68. The quantitative estimate of drug-likeness (QED) is 0.345. The number of ketones is 1. The first-order chi connectivity index (χ1) is 16.3. The van der Waals surface area contributed by atoms with Gasteiger partial charge in [0.05, 0.1) is 23.6 Å². The molecule has 0 fully saturated rings. The number of aryl methyl sites for hydroxylation is 2. The molecule has 0 bridgehead atoms. The van der Waals surface area contributed by atoms with Crippen molar-refractivity contribution >= 4 is 21.6 Å². The number of rotatable bonds is 7. The number of nitrogens with zero attached hydrogens (tertiary/aromatic N) is 2. The maximum Gasteiger partial charge on any atom is 0.407 e. The Morgan fingerprint density at radius 2 is 1.71 bits per heavy atom. The minimum atomic E-state index is -4.98. The summed E-state index contributed by atoms with van der Waals surface area (Å²) in [5.41, 5.74) is -2.46. The van der Waals surface area contributed by atoms with Crippen molar-refractivity contribution in [1.29, 1.82) is 0 Å². The number of hydrogen-bond acceptors (Lipinski definition) is 5. The van der Waals surface area contributed by atoms with E-state index in [9.17, 15) is 31.2 Å². The van der Waals surface area contributed by atoms with Crippen molar-refractivity contribution in [3.8, 4) is 11.3 Å². The molecule has 1 aromatic heterocycles. The van der Waals surface area contributed by atoms with E-state index in [-0.39, 0.29) is 16.2 Å². The van der Waals surface area contributed by atoms with Crippen LogP contribution >= 0.6 is 0 Å². The molecular formula is C24H19F3N2O5S. The second-order valence-electron chi connectivity index (χ2n) is 7.73. The summed E-state index contributed by atoms with van der Waals surface area (Å²) in [6.45, 7) is 8.79. The fraction of sp³-hybridized carbons (Fsp3) is 0.208. The number of aromatic nitrogens is 1. The number of Topliss-reactive ketones (excluding diaryl/α,β-unsaturated/α-hetero) is 1. The fourth-order valence-electron chi connectivity index (χ4n) is 3.30. The van der Waals surface area contributed by atoms with Gasteiger partial charge in [-0.3, -0.25) is 13.8 Å². The van der Waals surface area contributed by atoms with E-state index in [2.05, 4.69) is 4.85 Å². The van der Waals surface area contributed by atoms with Gasteiger partial charge in [-0.1, -0.05) is 41.5 Å². The normalized spacial score (nSPS) is 11.8. The Morgan fingerprint density at radius 1 is 1.06 bits per heavy atom. The van der Waals surface area contributed by atoms with Crippen LogP contribution < -0.4 is 5.56 Å². The zero-order valence-electron chi connectivity index (χ0n) is 18.6. The number of pyridine rings is 1. The van der Waals surface area contributed by atoms with Crippen LogP contribution in [0.25, 0.3) is 16.1 Å². The summed E-state index contributed by atoms with van der Waals surface area (Å²) in [6.07, 6.45) is -4.98. The van der Waals surface area contributed by atoms with E-state index in [1.807, 2.05) is 0 Å². The van der Waals surface area contributed by atoms with Gasteiger partial charge in [-0.15, -0.1) is 0 Å². The average molecular weight is 504 g/mol. The van der Waals surface area contributed by atoms with Gasteiger partial charge in [-0.25, -0.2) is 4.85 Å². The van der Waals surface area contributed by atoms with E-state index in [0.29, 0.717) is 11.6 Å². The SMILES string of the molecule is [C-]#[N+]c1c(C(F)(F)F)cc(-c2cccc(C)c2)n(CC(=O)COS(=O)(=O)c2ccc(C)cc2)c1=O. The van der Waals surface area contributed by atoms with E-state index < -0.39 is 52.0 Å². The first-order valence-corrected chi connectivity index (χ1v) is 11.5. The summed E-state index contributed by atoms with van der Waals surface area (Å²) in [5.74, 6) is -0.896. The Labute approximate surface area is 199 Å². The lowest BCUT2D eigenvalue weighted by Crippen LogP contribution is -2.29. The van der Waals surface area contributed by atoms with Crippen LogP contribution in [0.3, 0.4) is 0 Å². The average Bonchev–Trinajstić information content (AvgIpc) is 2.78. The maximum absolute atomic E-state index is 13.6. The Morgan fingerprint density at radius 3 is 2.29 bits per heavy atom. The molecule has 0 spiro atoms. The summed E-state index contributed by atoms with van der Waals surface area (Å²) in [6, 6.07) is 12.6. The number of hydrogen-bond donors (Lipinski definition) is 0. The van der Waals surface area contributed by atoms with Gasteiger partial charge in [-0.05, 0) is 43.7 Å². The predicted molar refractivity (Wildman–Crippen MR) is 121 cm³/mol. The third-order valence-electron chi connectivity index (χ3n) is 5.02. The molecule has 0 radical (unpaired) electrons. The van der Waals surface area contributed by atoms with E-state index in [1.165, 1.54) is 24.3 Å². The van der Waals surface area contributed by atoms with Crippen LogP contribution in [0.5, 0.6) is 0 Å². The zero-order chi connectivity index (χ0) is 26.0. The van der Waals surface area contributed by atoms with Crippen molar-refractivity contribution in [2.45, 2.75) is 31.5 Å². The van der Waals surface area contributed by atoms with Crippen molar-refractivity contribution < 1.29 is 30.6 Å². The molecule has 0 atom stereocenters. The monoisotopic (exact) mass is 504 g/mol. The number of carbonyl (C=O) groups is 1. The number of halogens is 3. The van der Waals surface area contributed by atoms with E-state index >= 15 is 0 Å². The first kappa shape index (κ1) is 25.9. The summed E-state index contributed by atoms with van der Waals surface area (Å²) in [4.78, 5) is 28.0. The zero-order valence-corrected chi connectivity index (χ0v) is 19.4. The smallest absolute Gasteiger partial charge is 0.310 e. The fourth-order valence-corrected chi connectivity index (χ4v) is 4.19. The van der Waals surface area contributed by atoms with Crippen molar-refractivity contribution in [3.05, 3.63) is 93.1 Å². The second-order valence-corrected chi connectivity index (χ2v) is 9.35. The van der Waals surface area contributed by atoms with Crippen LogP contribution in [-0.2, 0) is 31.8 Å². The topological polar surface area (TPSA) is 86.8 Å². The Balaban J connectivity index is 2.00. The van der Waals surface area contributed by atoms with Crippen LogP contribution in [0, 0.1) is 20.4 Å². The van der Waals surface area contributed by atoms with E-state index in [1.54, 1.807) is 38.1 Å². The summed E-state index contributed by atoms with van der Waals surface area (Å²) < 4.78 is 70.9. The molecule has 0 amide bonds. The molecule has 3 aromatic rings. The molecule has 0 saturated heterocycles. The molecule has 0 unspecified atom stereocenters. The highest BCUT2D eigenvalue weighted by Gasteiger charge is 2.36. The minimum Gasteiger partial charge on any atom is -0.310 e. The van der Waals surface area contributed by atoms with Gasteiger partial charge >= 0.3 is 6.18 Å². The van der Waals surface area contributed by atoms with E-state index in [4.69, 9.17) is 10.8 Å². The molecular weight excluding hydrogens is 485 g/mol. The lowest BCUT2D eigenvalue weighted by atomic mass is 10.0. The van der Waals surface area contributed by atoms with Crippen LogP contribution in [0.2, 0.25) is 0 Å². The highest BCUT2D eigenvalue weighted by molar-refractivity contribution is 7.86. The Bertz CT molecular complexity index is 1490. The second kappa shape index (κ2) is 9.85. The molecule has 1 heterocycles. The van der Waals surface area contributed by atoms with E-state index in [0.717, 1.165) is 10.1 Å². The molecule has 0 aliphatic heterocycles. The van der Waals surface area contributed by atoms with Gasteiger partial charge < -0.3 is 4.57 Å². The highest BCUT2D eigenvalue weighted by atomic mass is 32.2. The van der Waals surface area contributed by atoms with Crippen molar-refractivity contribution in [2.75, 3.05) is 6.61 Å². The standard InChI is InChI=1S/C24H19F3N2O5S/c1-15-7-9-19(10-8-15)35(32,33)34-14-18(30)13-29-21(17-6-4-5-16(2)11-17)12-20(24(25,26)27)22(28-3)23(29)31/h4-12H,13-14H2,1-2H3. The van der Waals surface area contributed by atoms with Gasteiger partial charge in [0, 0.05) is 5.69 Å². The van der Waals surface area contributed by atoms with Crippen LogP contribution in [0.15, 0.2) is 64.3 Å². The molecule has 0 N–H and O–H groups in total. The van der Waals surface area contributed by atoms with Gasteiger partial charge in [0.25, 0.3) is 21.4 Å². The number of benzene rings is 2. The molecule has 182 valence electrons. The van der Waals surface area contributed by atoms with Crippen molar-refractivity contribution in [3.63, 3.8) is 0 Å². The molecule has 35 heavy (non-hydrogen) atoms. The van der Waals surface area contributed by atoms with Crippen LogP contribution in [-0.4, -0.2) is 25.4 Å². The molecule has 0 saturated carbocycles. The minimum absolute atomic E-state index is 0.182. The third kappa shape index (κ3) is 5.85. The highest BCUT2D eigenvalue weighted by Crippen LogP contribution is 2.37. The number of carbonyl (C=O) groups excluding carboxylic acids is 1. The van der Waals surface area contributed by atoms with Crippen LogP contribution in [0.1, 0.15) is 16.7 Å². The molecule has 0 aliphatic rings. The first-order valence-electron chi connectivity index (χ1n) is 10.1. The Kier molecular flexibility index (Phi) is 7.28. The lowest BCUT2D eigenvalue weighted by Gasteiger charge is -2.18. The van der Waals surface area contributed by atoms with Gasteiger partial charge in [-0.2, -0.15) is 21.6 Å².